The maximum Gasteiger partial charge on any atom is 0.0242 e. The third-order valence-electron chi connectivity index (χ3n) is 3.43. The molecule has 0 heterocycles. The van der Waals surface area contributed by atoms with E-state index in [1.807, 2.05) is 0 Å². The number of alkyl halides is 1. The molecule has 0 amide bonds. The molecule has 0 aliphatic heterocycles. The van der Waals surface area contributed by atoms with Gasteiger partial charge in [-0.05, 0) is 37.0 Å². The van der Waals surface area contributed by atoms with E-state index in [0.717, 1.165) is 23.1 Å². The monoisotopic (exact) mass is 214 g/mol. The molecular formula is C10H15Br. The Balaban J connectivity index is 2.02. The molecule has 62 valence electrons. The fraction of sp³-hybridized carbons (Fsp3) is 0.800. The minimum Gasteiger partial charge on any atom is -0.0987 e. The van der Waals surface area contributed by atoms with Crippen molar-refractivity contribution in [2.24, 2.45) is 17.8 Å². The summed E-state index contributed by atoms with van der Waals surface area (Å²) in [7, 11) is 0. The quantitative estimate of drug-likeness (QED) is 0.489. The molecule has 0 radical (unpaired) electrons. The summed E-state index contributed by atoms with van der Waals surface area (Å²) in [5.41, 5.74) is 1.44. The molecule has 2 aliphatic carbocycles. The number of allylic oxidation sites excluding steroid dienone is 1. The first-order valence-corrected chi connectivity index (χ1v) is 5.67. The van der Waals surface area contributed by atoms with Crippen LogP contribution in [0, 0.1) is 17.8 Å². The molecule has 2 bridgehead atoms. The van der Waals surface area contributed by atoms with Crippen LogP contribution < -0.4 is 0 Å². The summed E-state index contributed by atoms with van der Waals surface area (Å²) in [6, 6.07) is 0. The standard InChI is InChI=1S/C10H15Br/c1-7(6-11)10-5-8-2-3-9(10)4-8/h8-10H,1-6H2. The van der Waals surface area contributed by atoms with Crippen molar-refractivity contribution in [2.45, 2.75) is 25.7 Å². The SMILES string of the molecule is C=C(CBr)C1CC2CCC1C2. The molecule has 3 atom stereocenters. The lowest BCUT2D eigenvalue weighted by Gasteiger charge is -2.22. The highest BCUT2D eigenvalue weighted by Crippen LogP contribution is 2.50. The van der Waals surface area contributed by atoms with E-state index in [0.29, 0.717) is 0 Å². The van der Waals surface area contributed by atoms with Crippen LogP contribution in [0.25, 0.3) is 0 Å². The Kier molecular flexibility index (Phi) is 2.09. The number of rotatable bonds is 2. The van der Waals surface area contributed by atoms with Gasteiger partial charge in [0.15, 0.2) is 0 Å². The Morgan fingerprint density at radius 1 is 1.36 bits per heavy atom. The lowest BCUT2D eigenvalue weighted by molar-refractivity contribution is 0.380. The van der Waals surface area contributed by atoms with Gasteiger partial charge in [-0.25, -0.2) is 0 Å². The molecule has 0 aromatic carbocycles. The van der Waals surface area contributed by atoms with E-state index in [1.165, 1.54) is 31.3 Å². The molecule has 0 spiro atoms. The minimum absolute atomic E-state index is 0.869. The molecule has 0 aromatic heterocycles. The predicted molar refractivity (Wildman–Crippen MR) is 51.9 cm³/mol. The molecule has 3 unspecified atom stereocenters. The largest absolute Gasteiger partial charge is 0.0987 e. The molecule has 0 aromatic rings. The third kappa shape index (κ3) is 1.28. The molecule has 2 fully saturated rings. The van der Waals surface area contributed by atoms with Gasteiger partial charge in [0.25, 0.3) is 0 Å². The van der Waals surface area contributed by atoms with Crippen LogP contribution in [-0.4, -0.2) is 5.33 Å². The molecule has 2 saturated carbocycles. The van der Waals surface area contributed by atoms with Crippen molar-refractivity contribution in [1.29, 1.82) is 0 Å². The number of halogens is 1. The van der Waals surface area contributed by atoms with E-state index in [2.05, 4.69) is 22.5 Å². The van der Waals surface area contributed by atoms with Crippen LogP contribution in [0.5, 0.6) is 0 Å². The maximum atomic E-state index is 4.13. The molecular weight excluding hydrogens is 200 g/mol. The minimum atomic E-state index is 0.869. The van der Waals surface area contributed by atoms with Crippen LogP contribution in [0.15, 0.2) is 12.2 Å². The Morgan fingerprint density at radius 2 is 2.18 bits per heavy atom. The maximum absolute atomic E-state index is 4.13. The van der Waals surface area contributed by atoms with Crippen LogP contribution in [-0.2, 0) is 0 Å². The van der Waals surface area contributed by atoms with E-state index in [1.54, 1.807) is 0 Å². The van der Waals surface area contributed by atoms with E-state index < -0.39 is 0 Å². The van der Waals surface area contributed by atoms with Crippen molar-refractivity contribution in [3.63, 3.8) is 0 Å². The summed E-state index contributed by atoms with van der Waals surface area (Å²) in [4.78, 5) is 0. The molecule has 2 aliphatic rings. The van der Waals surface area contributed by atoms with E-state index in [4.69, 9.17) is 0 Å². The molecule has 2 rings (SSSR count). The van der Waals surface area contributed by atoms with Crippen molar-refractivity contribution in [1.82, 2.24) is 0 Å². The van der Waals surface area contributed by atoms with E-state index in [-0.39, 0.29) is 0 Å². The zero-order valence-electron chi connectivity index (χ0n) is 6.85. The van der Waals surface area contributed by atoms with Gasteiger partial charge in [0.2, 0.25) is 0 Å². The highest BCUT2D eigenvalue weighted by Gasteiger charge is 2.39. The fourth-order valence-electron chi connectivity index (χ4n) is 2.84. The topological polar surface area (TPSA) is 0 Å². The van der Waals surface area contributed by atoms with Crippen LogP contribution in [0.1, 0.15) is 25.7 Å². The van der Waals surface area contributed by atoms with Gasteiger partial charge in [-0.15, -0.1) is 0 Å². The smallest absolute Gasteiger partial charge is 0.0242 e. The van der Waals surface area contributed by atoms with Crippen LogP contribution in [0.2, 0.25) is 0 Å². The van der Waals surface area contributed by atoms with Gasteiger partial charge in [-0.3, -0.25) is 0 Å². The van der Waals surface area contributed by atoms with Crippen molar-refractivity contribution in [3.8, 4) is 0 Å². The van der Waals surface area contributed by atoms with Gasteiger partial charge >= 0.3 is 0 Å². The zero-order chi connectivity index (χ0) is 7.84. The highest BCUT2D eigenvalue weighted by atomic mass is 79.9. The first-order chi connectivity index (χ1) is 5.31. The summed E-state index contributed by atoms with van der Waals surface area (Å²) in [6.45, 7) is 4.13. The normalized spacial score (nSPS) is 41.4. The molecule has 0 nitrogen and oxygen atoms in total. The average molecular weight is 215 g/mol. The lowest BCUT2D eigenvalue weighted by atomic mass is 9.84. The average Bonchev–Trinajstić information content (AvgIpc) is 2.62. The summed E-state index contributed by atoms with van der Waals surface area (Å²) in [6.07, 6.45) is 5.91. The Hall–Kier alpha value is 0.220. The fourth-order valence-corrected chi connectivity index (χ4v) is 3.26. The Labute approximate surface area is 77.2 Å². The Morgan fingerprint density at radius 3 is 2.64 bits per heavy atom. The van der Waals surface area contributed by atoms with Crippen molar-refractivity contribution in [3.05, 3.63) is 12.2 Å². The lowest BCUT2D eigenvalue weighted by Crippen LogP contribution is -2.12. The van der Waals surface area contributed by atoms with Gasteiger partial charge in [0.05, 0.1) is 0 Å². The summed E-state index contributed by atoms with van der Waals surface area (Å²) in [5, 5.41) is 1.01. The van der Waals surface area contributed by atoms with Crippen LogP contribution in [0.3, 0.4) is 0 Å². The third-order valence-corrected chi connectivity index (χ3v) is 4.15. The van der Waals surface area contributed by atoms with Crippen molar-refractivity contribution >= 4 is 15.9 Å². The predicted octanol–water partition coefficient (Wildman–Crippen LogP) is 3.37. The second-order valence-corrected chi connectivity index (χ2v) is 4.63. The molecule has 1 heteroatoms. The number of fused-ring (bicyclic) bond motifs is 2. The number of hydrogen-bond acceptors (Lipinski definition) is 0. The Bertz CT molecular complexity index is 174. The van der Waals surface area contributed by atoms with Gasteiger partial charge < -0.3 is 0 Å². The molecule has 0 saturated heterocycles. The van der Waals surface area contributed by atoms with E-state index >= 15 is 0 Å². The first-order valence-electron chi connectivity index (χ1n) is 4.55. The van der Waals surface area contributed by atoms with Crippen LogP contribution >= 0.6 is 15.9 Å². The zero-order valence-corrected chi connectivity index (χ0v) is 8.44. The highest BCUT2D eigenvalue weighted by molar-refractivity contribution is 9.09. The number of hydrogen-bond donors (Lipinski definition) is 0. The van der Waals surface area contributed by atoms with Gasteiger partial charge in [0.1, 0.15) is 0 Å². The van der Waals surface area contributed by atoms with Gasteiger partial charge in [-0.1, -0.05) is 34.5 Å². The first kappa shape index (κ1) is 7.85. The second-order valence-electron chi connectivity index (χ2n) is 4.07. The van der Waals surface area contributed by atoms with Crippen LogP contribution in [0.4, 0.5) is 0 Å². The van der Waals surface area contributed by atoms with Crippen molar-refractivity contribution < 1.29 is 0 Å². The molecule has 11 heavy (non-hydrogen) atoms. The second kappa shape index (κ2) is 2.93. The summed E-state index contributed by atoms with van der Waals surface area (Å²) >= 11 is 3.50. The summed E-state index contributed by atoms with van der Waals surface area (Å²) < 4.78 is 0. The van der Waals surface area contributed by atoms with Gasteiger partial charge in [0, 0.05) is 5.33 Å². The van der Waals surface area contributed by atoms with E-state index in [9.17, 15) is 0 Å². The van der Waals surface area contributed by atoms with Crippen molar-refractivity contribution in [2.75, 3.05) is 5.33 Å². The van der Waals surface area contributed by atoms with Gasteiger partial charge in [-0.2, -0.15) is 0 Å². The molecule has 0 N–H and O–H groups in total. The summed E-state index contributed by atoms with van der Waals surface area (Å²) in [5.74, 6) is 2.93.